The monoisotopic (exact) mass is 600 g/mol. The van der Waals surface area contributed by atoms with E-state index in [1.165, 1.54) is 29.8 Å². The normalized spacial score (nSPS) is 11.3. The Bertz CT molecular complexity index is 1830. The summed E-state index contributed by atoms with van der Waals surface area (Å²) in [5, 5.41) is 13.3. The third-order valence-corrected chi connectivity index (χ3v) is 5.99. The van der Waals surface area contributed by atoms with Gasteiger partial charge in [-0.15, -0.1) is 0 Å². The molecular weight excluding hydrogens is 573 g/mol. The van der Waals surface area contributed by atoms with Gasteiger partial charge in [-0.05, 0) is 63.2 Å². The van der Waals surface area contributed by atoms with Crippen LogP contribution in [-0.2, 0) is 17.0 Å². The standard InChI is InChI=1S/C26H21F3N6O3.C2H6OS/c1-14(2)33-24(37)21(15(3)34(25(33)38)19-6-4-5-17(11-19)26(27,28)29)22-20(23(31)36)13-32-35(22)18-9-7-16(12-30)8-10-18;1-4(2)3/h4-11,13-14H,1-3H3,(H2,31,36);1-2H3. The predicted octanol–water partition coefficient (Wildman–Crippen LogP) is 3.73. The molecule has 0 saturated carbocycles. The lowest BCUT2D eigenvalue weighted by atomic mass is 10.1. The fourth-order valence-corrected chi connectivity index (χ4v) is 4.22. The second-order valence-electron chi connectivity index (χ2n) is 9.48. The van der Waals surface area contributed by atoms with E-state index in [-0.39, 0.29) is 28.2 Å². The van der Waals surface area contributed by atoms with Crippen molar-refractivity contribution in [1.29, 1.82) is 5.26 Å². The van der Waals surface area contributed by atoms with Crippen LogP contribution in [0.3, 0.4) is 0 Å². The number of carbonyl (C=O) groups is 1. The maximum absolute atomic E-state index is 13.8. The number of halogens is 3. The Balaban J connectivity index is 0.00000114. The third kappa shape index (κ3) is 6.41. The van der Waals surface area contributed by atoms with Crippen LogP contribution in [-0.4, -0.2) is 41.5 Å². The van der Waals surface area contributed by atoms with Crippen molar-refractivity contribution in [2.75, 3.05) is 12.5 Å². The molecule has 0 atom stereocenters. The molecule has 2 N–H and O–H groups in total. The van der Waals surface area contributed by atoms with Gasteiger partial charge in [0, 0.05) is 35.0 Å². The predicted molar refractivity (Wildman–Crippen MR) is 152 cm³/mol. The van der Waals surface area contributed by atoms with Gasteiger partial charge >= 0.3 is 11.9 Å². The van der Waals surface area contributed by atoms with Crippen LogP contribution in [0, 0.1) is 18.3 Å². The number of hydrogen-bond donors (Lipinski definition) is 1. The zero-order valence-electron chi connectivity index (χ0n) is 23.3. The molecule has 0 fully saturated rings. The van der Waals surface area contributed by atoms with Crippen LogP contribution in [0.15, 0.2) is 64.3 Å². The third-order valence-electron chi connectivity index (χ3n) is 5.99. The van der Waals surface area contributed by atoms with Crippen LogP contribution in [0.4, 0.5) is 13.2 Å². The molecule has 0 saturated heterocycles. The van der Waals surface area contributed by atoms with Crippen molar-refractivity contribution >= 4 is 16.7 Å². The van der Waals surface area contributed by atoms with Crippen LogP contribution in [0.2, 0.25) is 0 Å². The van der Waals surface area contributed by atoms with Crippen LogP contribution in [0.25, 0.3) is 22.6 Å². The van der Waals surface area contributed by atoms with Crippen LogP contribution < -0.4 is 17.0 Å². The average Bonchev–Trinajstić information content (AvgIpc) is 3.33. The number of amides is 1. The van der Waals surface area contributed by atoms with Gasteiger partial charge in [-0.1, -0.05) is 6.07 Å². The van der Waals surface area contributed by atoms with Crippen LogP contribution in [0.5, 0.6) is 0 Å². The summed E-state index contributed by atoms with van der Waals surface area (Å²) >= 11 is 0. The number of primary amides is 1. The molecule has 0 aliphatic heterocycles. The minimum absolute atomic E-state index is 0.0193. The van der Waals surface area contributed by atoms with Crippen molar-refractivity contribution in [1.82, 2.24) is 18.9 Å². The first-order chi connectivity index (χ1) is 19.6. The second kappa shape index (κ2) is 12.4. The molecule has 1 amide bonds. The number of rotatable bonds is 5. The van der Waals surface area contributed by atoms with Crippen LogP contribution in [0.1, 0.15) is 47.1 Å². The Kier molecular flexibility index (Phi) is 9.37. The Morgan fingerprint density at radius 1 is 1.07 bits per heavy atom. The van der Waals surface area contributed by atoms with E-state index in [2.05, 4.69) is 5.10 Å². The zero-order chi connectivity index (χ0) is 31.5. The van der Waals surface area contributed by atoms with Crippen molar-refractivity contribution < 1.29 is 22.2 Å². The van der Waals surface area contributed by atoms with Gasteiger partial charge in [-0.2, -0.15) is 23.5 Å². The van der Waals surface area contributed by atoms with E-state index in [1.54, 1.807) is 38.5 Å². The fourth-order valence-electron chi connectivity index (χ4n) is 4.22. The summed E-state index contributed by atoms with van der Waals surface area (Å²) in [7, 11) is -0.611. The maximum atomic E-state index is 13.8. The first-order valence-electron chi connectivity index (χ1n) is 12.3. The highest BCUT2D eigenvalue weighted by atomic mass is 32.2. The molecule has 2 heterocycles. The number of nitriles is 1. The van der Waals surface area contributed by atoms with Gasteiger partial charge in [0.1, 0.15) is 0 Å². The van der Waals surface area contributed by atoms with E-state index < -0.39 is 45.7 Å². The van der Waals surface area contributed by atoms with Gasteiger partial charge in [-0.25, -0.2) is 9.48 Å². The van der Waals surface area contributed by atoms with E-state index >= 15 is 0 Å². The molecular formula is C28H27F3N6O4S. The summed E-state index contributed by atoms with van der Waals surface area (Å²) in [6, 6.07) is 11.5. The number of nitrogens with zero attached hydrogens (tertiary/aromatic N) is 5. The molecule has 2 aromatic carbocycles. The SMILES string of the molecule is CS(C)=O.Cc1c(-c2c(C(N)=O)cnn2-c2ccc(C#N)cc2)c(=O)n(C(C)C)c(=O)n1-c1cccc(C(F)(F)F)c1. The zero-order valence-corrected chi connectivity index (χ0v) is 24.1. The maximum Gasteiger partial charge on any atom is 0.416 e. The molecule has 0 bridgehead atoms. The first kappa shape index (κ1) is 31.8. The number of benzene rings is 2. The molecule has 0 radical (unpaired) electrons. The highest BCUT2D eigenvalue weighted by Gasteiger charge is 2.32. The summed E-state index contributed by atoms with van der Waals surface area (Å²) in [5.74, 6) is -0.911. The molecule has 0 unspecified atom stereocenters. The first-order valence-corrected chi connectivity index (χ1v) is 14.3. The van der Waals surface area contributed by atoms with E-state index in [9.17, 15) is 31.8 Å². The van der Waals surface area contributed by atoms with Crippen molar-refractivity contribution in [2.45, 2.75) is 33.0 Å². The number of alkyl halides is 3. The topological polar surface area (TPSA) is 146 Å². The molecule has 0 aliphatic rings. The fraction of sp³-hybridized carbons (Fsp3) is 0.250. The van der Waals surface area contributed by atoms with Crippen molar-refractivity contribution in [3.63, 3.8) is 0 Å². The highest BCUT2D eigenvalue weighted by molar-refractivity contribution is 7.83. The van der Waals surface area contributed by atoms with Gasteiger partial charge in [-0.3, -0.25) is 22.9 Å². The smallest absolute Gasteiger partial charge is 0.365 e. The van der Waals surface area contributed by atoms with Gasteiger partial charge in [0.05, 0.1) is 51.6 Å². The molecule has 14 heteroatoms. The van der Waals surface area contributed by atoms with E-state index in [0.29, 0.717) is 11.3 Å². The molecule has 10 nitrogen and oxygen atoms in total. The van der Waals surface area contributed by atoms with Gasteiger partial charge in [0.2, 0.25) is 0 Å². The van der Waals surface area contributed by atoms with Crippen molar-refractivity contribution in [2.24, 2.45) is 5.73 Å². The molecule has 4 aromatic rings. The van der Waals surface area contributed by atoms with Gasteiger partial charge < -0.3 is 5.73 Å². The molecule has 0 spiro atoms. The summed E-state index contributed by atoms with van der Waals surface area (Å²) in [5.41, 5.74) is 3.25. The summed E-state index contributed by atoms with van der Waals surface area (Å²) in [6.07, 6.45) is -0.232. The molecule has 0 aliphatic carbocycles. The Hall–Kier alpha value is -4.77. The Morgan fingerprint density at radius 2 is 1.67 bits per heavy atom. The minimum Gasteiger partial charge on any atom is -0.365 e. The largest absolute Gasteiger partial charge is 0.416 e. The lowest BCUT2D eigenvalue weighted by Crippen LogP contribution is -2.42. The molecule has 42 heavy (non-hydrogen) atoms. The van der Waals surface area contributed by atoms with Crippen LogP contribution >= 0.6 is 0 Å². The summed E-state index contributed by atoms with van der Waals surface area (Å²) < 4.78 is 53.1. The minimum atomic E-state index is -4.67. The quantitative estimate of drug-likeness (QED) is 0.370. The lowest BCUT2D eigenvalue weighted by Gasteiger charge is -2.21. The second-order valence-corrected chi connectivity index (χ2v) is 11.0. The number of hydrogen-bond acceptors (Lipinski definition) is 6. The lowest BCUT2D eigenvalue weighted by molar-refractivity contribution is -0.137. The number of aromatic nitrogens is 4. The summed E-state index contributed by atoms with van der Waals surface area (Å²) in [6.45, 7) is 4.54. The Morgan fingerprint density at radius 3 is 2.17 bits per heavy atom. The molecule has 2 aromatic heterocycles. The highest BCUT2D eigenvalue weighted by Crippen LogP contribution is 2.32. The van der Waals surface area contributed by atoms with Crippen molar-refractivity contribution in [3.05, 3.63) is 98.0 Å². The average molecular weight is 601 g/mol. The Labute approximate surface area is 240 Å². The van der Waals surface area contributed by atoms with E-state index in [0.717, 1.165) is 33.5 Å². The molecule has 220 valence electrons. The summed E-state index contributed by atoms with van der Waals surface area (Å²) in [4.78, 5) is 39.6. The van der Waals surface area contributed by atoms with E-state index in [1.807, 2.05) is 6.07 Å². The van der Waals surface area contributed by atoms with Gasteiger partial charge in [0.15, 0.2) is 0 Å². The number of carbonyl (C=O) groups excluding carboxylic acids is 1. The van der Waals surface area contributed by atoms with E-state index in [4.69, 9.17) is 11.0 Å². The molecule has 4 rings (SSSR count). The number of nitrogens with two attached hydrogens (primary N) is 1. The van der Waals surface area contributed by atoms with Gasteiger partial charge in [0.25, 0.3) is 11.5 Å². The van der Waals surface area contributed by atoms with Crippen molar-refractivity contribution in [3.8, 4) is 28.7 Å².